The molecule has 0 bridgehead atoms. The van der Waals surface area contributed by atoms with Crippen molar-refractivity contribution < 1.29 is 14.3 Å². The van der Waals surface area contributed by atoms with Crippen molar-refractivity contribution in [1.82, 2.24) is 0 Å². The number of anilines is 1. The molecule has 1 amide bonds. The minimum absolute atomic E-state index is 0.132. The van der Waals surface area contributed by atoms with Crippen LogP contribution in [0.3, 0.4) is 0 Å². The van der Waals surface area contributed by atoms with Crippen molar-refractivity contribution in [2.75, 3.05) is 5.32 Å². The molecule has 0 radical (unpaired) electrons. The van der Waals surface area contributed by atoms with E-state index in [2.05, 4.69) is 5.32 Å². The van der Waals surface area contributed by atoms with Crippen LogP contribution in [0.5, 0.6) is 5.75 Å². The van der Waals surface area contributed by atoms with Crippen LogP contribution in [0, 0.1) is 5.82 Å². The Bertz CT molecular complexity index is 601. The van der Waals surface area contributed by atoms with Gasteiger partial charge in [0.25, 0.3) is 5.91 Å². The highest BCUT2D eigenvalue weighted by atomic mass is 35.5. The molecule has 92 valence electrons. The van der Waals surface area contributed by atoms with E-state index < -0.39 is 11.7 Å². The molecule has 0 spiro atoms. The fourth-order valence-electron chi connectivity index (χ4n) is 1.44. The molecule has 3 nitrogen and oxygen atoms in total. The molecule has 5 heteroatoms. The lowest BCUT2D eigenvalue weighted by Crippen LogP contribution is -2.12. The molecule has 2 aromatic carbocycles. The maximum Gasteiger partial charge on any atom is 0.255 e. The van der Waals surface area contributed by atoms with Gasteiger partial charge in [0.05, 0.1) is 10.7 Å². The molecular formula is C13H9ClFNO2. The van der Waals surface area contributed by atoms with Crippen molar-refractivity contribution in [1.29, 1.82) is 0 Å². The van der Waals surface area contributed by atoms with E-state index in [1.54, 1.807) is 6.07 Å². The van der Waals surface area contributed by atoms with Crippen LogP contribution in [-0.4, -0.2) is 11.0 Å². The molecule has 0 aliphatic carbocycles. The summed E-state index contributed by atoms with van der Waals surface area (Å²) in [7, 11) is 0. The Morgan fingerprint density at radius 1 is 1.22 bits per heavy atom. The summed E-state index contributed by atoms with van der Waals surface area (Å²) >= 11 is 5.71. The van der Waals surface area contributed by atoms with E-state index in [0.717, 1.165) is 6.07 Å². The van der Waals surface area contributed by atoms with E-state index in [0.29, 0.717) is 0 Å². The van der Waals surface area contributed by atoms with E-state index in [9.17, 15) is 14.3 Å². The Hall–Kier alpha value is -2.07. The highest BCUT2D eigenvalue weighted by molar-refractivity contribution is 6.32. The Labute approximate surface area is 108 Å². The molecule has 0 heterocycles. The molecule has 2 aromatic rings. The molecule has 0 aromatic heterocycles. The molecule has 0 saturated carbocycles. The molecule has 0 fully saturated rings. The topological polar surface area (TPSA) is 49.3 Å². The van der Waals surface area contributed by atoms with Crippen LogP contribution in [0.4, 0.5) is 10.1 Å². The minimum atomic E-state index is -0.521. The van der Waals surface area contributed by atoms with E-state index in [4.69, 9.17) is 11.6 Å². The van der Waals surface area contributed by atoms with Crippen molar-refractivity contribution in [2.24, 2.45) is 0 Å². The Kier molecular flexibility index (Phi) is 3.48. The van der Waals surface area contributed by atoms with Gasteiger partial charge >= 0.3 is 0 Å². The number of para-hydroxylation sites is 1. The first-order valence-corrected chi connectivity index (χ1v) is 5.50. The van der Waals surface area contributed by atoms with Crippen molar-refractivity contribution >= 4 is 23.2 Å². The average Bonchev–Trinajstić information content (AvgIpc) is 2.35. The van der Waals surface area contributed by atoms with Gasteiger partial charge in [-0.05, 0) is 30.3 Å². The maximum atomic E-state index is 13.0. The monoisotopic (exact) mass is 265 g/mol. The fraction of sp³-hybridized carbons (Fsp3) is 0. The van der Waals surface area contributed by atoms with Crippen molar-refractivity contribution in [2.45, 2.75) is 0 Å². The lowest BCUT2D eigenvalue weighted by Gasteiger charge is -2.08. The first-order valence-electron chi connectivity index (χ1n) is 5.12. The van der Waals surface area contributed by atoms with Gasteiger partial charge in [-0.15, -0.1) is 0 Å². The van der Waals surface area contributed by atoms with Gasteiger partial charge in [0.2, 0.25) is 0 Å². The molecule has 0 atom stereocenters. The standard InChI is InChI=1S/C13H9ClFNO2/c14-10-5-2-6-11(12(10)17)16-13(18)8-3-1-4-9(15)7-8/h1-7,17H,(H,16,18). The van der Waals surface area contributed by atoms with Gasteiger partial charge in [-0.2, -0.15) is 0 Å². The second-order valence-electron chi connectivity index (χ2n) is 3.60. The van der Waals surface area contributed by atoms with Crippen LogP contribution in [0.1, 0.15) is 10.4 Å². The maximum absolute atomic E-state index is 13.0. The summed E-state index contributed by atoms with van der Waals surface area (Å²) in [5.74, 6) is -1.24. The number of hydrogen-bond donors (Lipinski definition) is 2. The fourth-order valence-corrected chi connectivity index (χ4v) is 1.61. The Balaban J connectivity index is 2.24. The van der Waals surface area contributed by atoms with E-state index in [-0.39, 0.29) is 22.0 Å². The molecule has 0 unspecified atom stereocenters. The van der Waals surface area contributed by atoms with Crippen LogP contribution < -0.4 is 5.32 Å². The van der Waals surface area contributed by atoms with Gasteiger partial charge in [0.1, 0.15) is 5.82 Å². The summed E-state index contributed by atoms with van der Waals surface area (Å²) in [6.07, 6.45) is 0. The van der Waals surface area contributed by atoms with Gasteiger partial charge in [-0.3, -0.25) is 4.79 Å². The predicted octanol–water partition coefficient (Wildman–Crippen LogP) is 3.44. The summed E-state index contributed by atoms with van der Waals surface area (Å²) in [4.78, 5) is 11.8. The summed E-state index contributed by atoms with van der Waals surface area (Å²) in [6, 6.07) is 9.84. The van der Waals surface area contributed by atoms with Crippen LogP contribution >= 0.6 is 11.6 Å². The number of amides is 1. The first kappa shape index (κ1) is 12.4. The third-order valence-corrected chi connectivity index (χ3v) is 2.63. The largest absolute Gasteiger partial charge is 0.504 e. The summed E-state index contributed by atoms with van der Waals surface area (Å²) < 4.78 is 13.0. The molecule has 2 rings (SSSR count). The summed E-state index contributed by atoms with van der Waals surface area (Å²) in [5, 5.41) is 12.2. The molecule has 2 N–H and O–H groups in total. The van der Waals surface area contributed by atoms with Crippen LogP contribution in [0.2, 0.25) is 5.02 Å². The normalized spacial score (nSPS) is 10.1. The van der Waals surface area contributed by atoms with E-state index in [1.165, 1.54) is 30.3 Å². The SMILES string of the molecule is O=C(Nc1cccc(Cl)c1O)c1cccc(F)c1. The van der Waals surface area contributed by atoms with Gasteiger partial charge in [0, 0.05) is 5.56 Å². The molecule has 0 aliphatic heterocycles. The van der Waals surface area contributed by atoms with Gasteiger partial charge in [-0.1, -0.05) is 23.7 Å². The number of carbonyl (C=O) groups excluding carboxylic acids is 1. The number of halogens is 2. The Morgan fingerprint density at radius 2 is 1.94 bits per heavy atom. The minimum Gasteiger partial charge on any atom is -0.504 e. The molecule has 18 heavy (non-hydrogen) atoms. The Morgan fingerprint density at radius 3 is 2.67 bits per heavy atom. The average molecular weight is 266 g/mol. The zero-order chi connectivity index (χ0) is 13.1. The van der Waals surface area contributed by atoms with E-state index >= 15 is 0 Å². The first-order chi connectivity index (χ1) is 8.58. The predicted molar refractivity (Wildman–Crippen MR) is 67.5 cm³/mol. The molecular weight excluding hydrogens is 257 g/mol. The second-order valence-corrected chi connectivity index (χ2v) is 4.01. The van der Waals surface area contributed by atoms with E-state index in [1.807, 2.05) is 0 Å². The molecule has 0 aliphatic rings. The third kappa shape index (κ3) is 2.60. The summed E-state index contributed by atoms with van der Waals surface area (Å²) in [5.41, 5.74) is 0.339. The summed E-state index contributed by atoms with van der Waals surface area (Å²) in [6.45, 7) is 0. The number of benzene rings is 2. The lowest BCUT2D eigenvalue weighted by atomic mass is 10.2. The number of phenols is 1. The number of hydrogen-bond acceptors (Lipinski definition) is 2. The number of rotatable bonds is 2. The zero-order valence-electron chi connectivity index (χ0n) is 9.15. The number of carbonyl (C=O) groups is 1. The van der Waals surface area contributed by atoms with Gasteiger partial charge < -0.3 is 10.4 Å². The van der Waals surface area contributed by atoms with Crippen LogP contribution in [0.25, 0.3) is 0 Å². The van der Waals surface area contributed by atoms with Crippen molar-refractivity contribution in [3.8, 4) is 5.75 Å². The third-order valence-electron chi connectivity index (χ3n) is 2.32. The lowest BCUT2D eigenvalue weighted by molar-refractivity contribution is 0.102. The van der Waals surface area contributed by atoms with Crippen LogP contribution in [0.15, 0.2) is 42.5 Å². The number of aromatic hydroxyl groups is 1. The quantitative estimate of drug-likeness (QED) is 0.817. The van der Waals surface area contributed by atoms with Gasteiger partial charge in [0.15, 0.2) is 5.75 Å². The highest BCUT2D eigenvalue weighted by Gasteiger charge is 2.11. The second kappa shape index (κ2) is 5.06. The van der Waals surface area contributed by atoms with Gasteiger partial charge in [-0.25, -0.2) is 4.39 Å². The highest BCUT2D eigenvalue weighted by Crippen LogP contribution is 2.31. The molecule has 0 saturated heterocycles. The van der Waals surface area contributed by atoms with Crippen molar-refractivity contribution in [3.63, 3.8) is 0 Å². The number of phenolic OH excluding ortho intramolecular Hbond substituents is 1. The smallest absolute Gasteiger partial charge is 0.255 e. The van der Waals surface area contributed by atoms with Crippen LogP contribution in [-0.2, 0) is 0 Å². The zero-order valence-corrected chi connectivity index (χ0v) is 9.91. The van der Waals surface area contributed by atoms with Crippen molar-refractivity contribution in [3.05, 3.63) is 58.9 Å². The number of nitrogens with one attached hydrogen (secondary N) is 1.